The zero-order valence-electron chi connectivity index (χ0n) is 12.1. The number of Topliss-reactive ketones (excluding diaryl/α,β-unsaturated/α-hetero) is 1. The molecule has 22 heavy (non-hydrogen) atoms. The summed E-state index contributed by atoms with van der Waals surface area (Å²) in [6.07, 6.45) is 2.05. The number of aliphatic carboxylic acids is 1. The highest BCUT2D eigenvalue weighted by Crippen LogP contribution is 2.34. The summed E-state index contributed by atoms with van der Waals surface area (Å²) in [5, 5.41) is 9.00. The lowest BCUT2D eigenvalue weighted by Gasteiger charge is -2.27. The minimum absolute atomic E-state index is 0.0156. The third kappa shape index (κ3) is 2.50. The highest BCUT2D eigenvalue weighted by atomic mass is 16.4. The first-order valence-electron chi connectivity index (χ1n) is 7.12. The SMILES string of the molecule is Cc1ccc(C2CC(=O)C3=CC(C(=O)O)C(=O)N=C3C2)cc1. The zero-order valence-corrected chi connectivity index (χ0v) is 12.1. The van der Waals surface area contributed by atoms with Crippen LogP contribution in [0.25, 0.3) is 0 Å². The van der Waals surface area contributed by atoms with Crippen LogP contribution in [-0.2, 0) is 14.4 Å². The molecule has 1 saturated carbocycles. The van der Waals surface area contributed by atoms with Gasteiger partial charge in [-0.15, -0.1) is 0 Å². The summed E-state index contributed by atoms with van der Waals surface area (Å²) in [6.45, 7) is 1.99. The van der Waals surface area contributed by atoms with Gasteiger partial charge in [0.05, 0.1) is 5.71 Å². The normalized spacial score (nSPS) is 24.4. The summed E-state index contributed by atoms with van der Waals surface area (Å²) in [7, 11) is 0. The molecular weight excluding hydrogens is 282 g/mol. The standard InChI is InChI=1S/C17H15NO4/c1-9-2-4-10(5-3-9)11-6-14-12(15(19)7-11)8-13(17(21)22)16(20)18-14/h2-5,8,11,13H,6-7H2,1H3,(H,21,22). The van der Waals surface area contributed by atoms with Gasteiger partial charge in [0, 0.05) is 12.0 Å². The highest BCUT2D eigenvalue weighted by Gasteiger charge is 2.37. The fourth-order valence-corrected chi connectivity index (χ4v) is 2.90. The number of hydrogen-bond donors (Lipinski definition) is 1. The number of aryl methyl sites for hydroxylation is 1. The van der Waals surface area contributed by atoms with E-state index < -0.39 is 17.8 Å². The van der Waals surface area contributed by atoms with Gasteiger partial charge in [0.25, 0.3) is 5.91 Å². The number of ketones is 1. The van der Waals surface area contributed by atoms with Crippen molar-refractivity contribution >= 4 is 23.4 Å². The van der Waals surface area contributed by atoms with Crippen molar-refractivity contribution in [1.29, 1.82) is 0 Å². The van der Waals surface area contributed by atoms with Crippen LogP contribution >= 0.6 is 0 Å². The Morgan fingerprint density at radius 2 is 1.86 bits per heavy atom. The quantitative estimate of drug-likeness (QED) is 0.847. The lowest BCUT2D eigenvalue weighted by molar-refractivity contribution is -0.143. The van der Waals surface area contributed by atoms with E-state index in [0.717, 1.165) is 11.1 Å². The van der Waals surface area contributed by atoms with E-state index in [4.69, 9.17) is 5.11 Å². The molecule has 2 atom stereocenters. The average Bonchev–Trinajstić information content (AvgIpc) is 2.46. The number of rotatable bonds is 2. The fraction of sp³-hybridized carbons (Fsp3) is 0.294. The van der Waals surface area contributed by atoms with Gasteiger partial charge >= 0.3 is 5.97 Å². The molecule has 0 saturated heterocycles. The number of fused-ring (bicyclic) bond motifs is 1. The van der Waals surface area contributed by atoms with Crippen LogP contribution in [0.3, 0.4) is 0 Å². The number of aliphatic imine (C=N–C) groups is 1. The van der Waals surface area contributed by atoms with Crippen LogP contribution < -0.4 is 0 Å². The number of allylic oxidation sites excluding steroid dienone is 1. The van der Waals surface area contributed by atoms with Gasteiger partial charge in [0.1, 0.15) is 0 Å². The number of benzene rings is 1. The van der Waals surface area contributed by atoms with E-state index in [9.17, 15) is 14.4 Å². The first kappa shape index (κ1) is 14.4. The molecule has 1 aromatic carbocycles. The first-order chi connectivity index (χ1) is 10.5. The molecule has 112 valence electrons. The molecule has 2 unspecified atom stereocenters. The van der Waals surface area contributed by atoms with Crippen molar-refractivity contribution < 1.29 is 19.5 Å². The molecule has 0 radical (unpaired) electrons. The van der Waals surface area contributed by atoms with Crippen LogP contribution in [-0.4, -0.2) is 28.5 Å². The van der Waals surface area contributed by atoms with Crippen LogP contribution in [0, 0.1) is 12.8 Å². The summed E-state index contributed by atoms with van der Waals surface area (Å²) in [4.78, 5) is 38.9. The smallest absolute Gasteiger partial charge is 0.320 e. The van der Waals surface area contributed by atoms with Gasteiger partial charge in [-0.3, -0.25) is 14.4 Å². The van der Waals surface area contributed by atoms with Crippen molar-refractivity contribution in [2.75, 3.05) is 0 Å². The van der Waals surface area contributed by atoms with Gasteiger partial charge in [-0.05, 0) is 30.9 Å². The highest BCUT2D eigenvalue weighted by molar-refractivity contribution is 6.29. The molecule has 1 N–H and O–H groups in total. The number of amides is 1. The first-order valence-corrected chi connectivity index (χ1v) is 7.12. The Balaban J connectivity index is 1.91. The van der Waals surface area contributed by atoms with E-state index in [2.05, 4.69) is 4.99 Å². The van der Waals surface area contributed by atoms with Gasteiger partial charge < -0.3 is 5.11 Å². The molecular formula is C17H15NO4. The predicted octanol–water partition coefficient (Wildman–Crippen LogP) is 2.05. The second-order valence-corrected chi connectivity index (χ2v) is 5.73. The van der Waals surface area contributed by atoms with Crippen LogP contribution in [0.2, 0.25) is 0 Å². The Kier molecular flexibility index (Phi) is 3.48. The average molecular weight is 297 g/mol. The molecule has 5 nitrogen and oxygen atoms in total. The Labute approximate surface area is 127 Å². The molecule has 0 spiro atoms. The molecule has 1 aromatic rings. The van der Waals surface area contributed by atoms with Crippen molar-refractivity contribution in [2.24, 2.45) is 10.9 Å². The largest absolute Gasteiger partial charge is 0.480 e. The van der Waals surface area contributed by atoms with Crippen LogP contribution in [0.4, 0.5) is 0 Å². The number of nitrogens with zero attached hydrogens (tertiary/aromatic N) is 1. The number of carbonyl (C=O) groups excluding carboxylic acids is 2. The monoisotopic (exact) mass is 297 g/mol. The summed E-state index contributed by atoms with van der Waals surface area (Å²) in [6, 6.07) is 7.93. The Bertz CT molecular complexity index is 728. The third-order valence-electron chi connectivity index (χ3n) is 4.14. The molecule has 2 aliphatic rings. The Hall–Kier alpha value is -2.56. The molecule has 5 heteroatoms. The van der Waals surface area contributed by atoms with E-state index in [1.54, 1.807) is 0 Å². The topological polar surface area (TPSA) is 83.8 Å². The van der Waals surface area contributed by atoms with Gasteiger partial charge in [-0.1, -0.05) is 29.8 Å². The van der Waals surface area contributed by atoms with Crippen molar-refractivity contribution in [2.45, 2.75) is 25.7 Å². The van der Waals surface area contributed by atoms with Crippen molar-refractivity contribution in [3.05, 3.63) is 47.0 Å². The number of hydrogen-bond acceptors (Lipinski definition) is 3. The van der Waals surface area contributed by atoms with Gasteiger partial charge in [0.2, 0.25) is 0 Å². The van der Waals surface area contributed by atoms with Gasteiger partial charge in [-0.2, -0.15) is 0 Å². The van der Waals surface area contributed by atoms with Gasteiger partial charge in [0.15, 0.2) is 11.7 Å². The summed E-state index contributed by atoms with van der Waals surface area (Å²) in [5.74, 6) is -3.47. The molecule has 1 fully saturated rings. The van der Waals surface area contributed by atoms with Crippen LogP contribution in [0.5, 0.6) is 0 Å². The van der Waals surface area contributed by atoms with E-state index in [1.165, 1.54) is 6.08 Å². The van der Waals surface area contributed by atoms with E-state index in [1.807, 2.05) is 31.2 Å². The minimum Gasteiger partial charge on any atom is -0.480 e. The minimum atomic E-state index is -1.33. The van der Waals surface area contributed by atoms with E-state index in [-0.39, 0.29) is 11.7 Å². The molecule has 1 amide bonds. The number of dihydropyridines is 1. The third-order valence-corrected chi connectivity index (χ3v) is 4.14. The molecule has 1 aliphatic heterocycles. The van der Waals surface area contributed by atoms with Crippen molar-refractivity contribution in [1.82, 2.24) is 0 Å². The second kappa shape index (κ2) is 5.33. The summed E-state index contributed by atoms with van der Waals surface area (Å²) in [5.41, 5.74) is 2.90. The van der Waals surface area contributed by atoms with Crippen LogP contribution in [0.15, 0.2) is 40.9 Å². The summed E-state index contributed by atoms with van der Waals surface area (Å²) >= 11 is 0. The van der Waals surface area contributed by atoms with E-state index >= 15 is 0 Å². The van der Waals surface area contributed by atoms with E-state index in [0.29, 0.717) is 24.1 Å². The van der Waals surface area contributed by atoms with Gasteiger partial charge in [-0.25, -0.2) is 4.99 Å². The number of carboxylic acids is 1. The van der Waals surface area contributed by atoms with Crippen molar-refractivity contribution in [3.63, 3.8) is 0 Å². The predicted molar refractivity (Wildman–Crippen MR) is 79.8 cm³/mol. The zero-order chi connectivity index (χ0) is 15.9. The van der Waals surface area contributed by atoms with Crippen LogP contribution in [0.1, 0.15) is 29.9 Å². The second-order valence-electron chi connectivity index (χ2n) is 5.73. The maximum absolute atomic E-state index is 12.3. The maximum Gasteiger partial charge on any atom is 0.320 e. The molecule has 0 bridgehead atoms. The van der Waals surface area contributed by atoms with Crippen molar-refractivity contribution in [3.8, 4) is 0 Å². The lowest BCUT2D eigenvalue weighted by Crippen LogP contribution is -2.33. The maximum atomic E-state index is 12.3. The number of carboxylic acid groups (broad SMARTS) is 1. The summed E-state index contributed by atoms with van der Waals surface area (Å²) < 4.78 is 0. The molecule has 0 aromatic heterocycles. The Morgan fingerprint density at radius 1 is 1.18 bits per heavy atom. The molecule has 3 rings (SSSR count). The Morgan fingerprint density at radius 3 is 2.50 bits per heavy atom. The molecule has 1 aliphatic carbocycles. The molecule has 1 heterocycles. The number of carbonyl (C=O) groups is 3. The fourth-order valence-electron chi connectivity index (χ4n) is 2.90. The lowest BCUT2D eigenvalue weighted by atomic mass is 9.77.